The zero-order valence-electron chi connectivity index (χ0n) is 20.0. The molecule has 1 aliphatic carbocycles. The largest absolute Gasteiger partial charge is 0.495 e. The van der Waals surface area contributed by atoms with Crippen LogP contribution in [0.25, 0.3) is 0 Å². The van der Waals surface area contributed by atoms with Crippen molar-refractivity contribution in [3.8, 4) is 11.5 Å². The van der Waals surface area contributed by atoms with Crippen molar-refractivity contribution in [2.45, 2.75) is 52.1 Å². The molecule has 0 bridgehead atoms. The number of methoxy groups -OCH3 is 2. The number of carbonyl (C=O) groups is 1. The van der Waals surface area contributed by atoms with Gasteiger partial charge in [-0.05, 0) is 61.4 Å². The predicted octanol–water partition coefficient (Wildman–Crippen LogP) is 5.63. The van der Waals surface area contributed by atoms with E-state index in [9.17, 15) is 4.79 Å². The highest BCUT2D eigenvalue weighted by Crippen LogP contribution is 2.33. The molecule has 1 amide bonds. The number of aryl methyl sites for hydroxylation is 1. The highest BCUT2D eigenvalue weighted by Gasteiger charge is 2.23. The molecule has 2 aromatic rings. The van der Waals surface area contributed by atoms with Crippen LogP contribution >= 0.6 is 11.6 Å². The molecule has 180 valence electrons. The van der Waals surface area contributed by atoms with Gasteiger partial charge in [0.05, 0.1) is 18.7 Å². The number of carbonyl (C=O) groups excluding carboxylic acids is 1. The Morgan fingerprint density at radius 2 is 1.88 bits per heavy atom. The summed E-state index contributed by atoms with van der Waals surface area (Å²) in [6.45, 7) is 5.32. The molecule has 0 radical (unpaired) electrons. The number of halogens is 1. The van der Waals surface area contributed by atoms with Crippen molar-refractivity contribution in [1.29, 1.82) is 0 Å². The van der Waals surface area contributed by atoms with Crippen LogP contribution in [0.4, 0.5) is 0 Å². The lowest BCUT2D eigenvalue weighted by Gasteiger charge is -2.26. The van der Waals surface area contributed by atoms with Gasteiger partial charge < -0.3 is 19.5 Å². The van der Waals surface area contributed by atoms with Gasteiger partial charge in [-0.25, -0.2) is 4.98 Å². The van der Waals surface area contributed by atoms with E-state index in [1.807, 2.05) is 19.1 Å². The monoisotopic (exact) mass is 474 g/mol. The first-order valence-corrected chi connectivity index (χ1v) is 12.1. The fourth-order valence-corrected chi connectivity index (χ4v) is 4.41. The third-order valence-corrected chi connectivity index (χ3v) is 6.59. The summed E-state index contributed by atoms with van der Waals surface area (Å²) >= 11 is 6.50. The Morgan fingerprint density at radius 3 is 2.52 bits per heavy atom. The molecule has 33 heavy (non-hydrogen) atoms. The number of rotatable bonds is 10. The van der Waals surface area contributed by atoms with E-state index in [0.717, 1.165) is 18.0 Å². The Labute approximate surface area is 202 Å². The summed E-state index contributed by atoms with van der Waals surface area (Å²) in [7, 11) is 3.21. The zero-order chi connectivity index (χ0) is 23.8. The molecule has 0 spiro atoms. The van der Waals surface area contributed by atoms with E-state index in [-0.39, 0.29) is 12.5 Å². The summed E-state index contributed by atoms with van der Waals surface area (Å²) in [5, 5.41) is 3.42. The highest BCUT2D eigenvalue weighted by molar-refractivity contribution is 6.32. The van der Waals surface area contributed by atoms with Crippen molar-refractivity contribution in [2.24, 2.45) is 11.8 Å². The van der Waals surface area contributed by atoms with Crippen LogP contribution in [-0.2, 0) is 11.2 Å². The summed E-state index contributed by atoms with van der Waals surface area (Å²) in [6, 6.07) is 8.91. The van der Waals surface area contributed by atoms with Crippen molar-refractivity contribution in [1.82, 2.24) is 10.3 Å². The van der Waals surface area contributed by atoms with Crippen LogP contribution in [0.2, 0.25) is 5.02 Å². The van der Waals surface area contributed by atoms with Gasteiger partial charge in [0, 0.05) is 24.9 Å². The molecule has 7 heteroatoms. The van der Waals surface area contributed by atoms with Crippen LogP contribution in [0.1, 0.15) is 67.4 Å². The number of hydrogen-bond donors (Lipinski definition) is 1. The van der Waals surface area contributed by atoms with Crippen molar-refractivity contribution in [3.05, 3.63) is 52.3 Å². The molecule has 6 nitrogen and oxygen atoms in total. The SMILES string of the molecule is CCc1ccc(OC)c([C@@H](COC)Oc2ccc(C(=O)NCC3CCC(C)CC3)cc2Cl)n1. The molecule has 1 atom stereocenters. The van der Waals surface area contributed by atoms with Crippen LogP contribution in [0.5, 0.6) is 11.5 Å². The number of nitrogens with one attached hydrogen (secondary N) is 1. The Kier molecular flexibility index (Phi) is 9.39. The van der Waals surface area contributed by atoms with Crippen molar-refractivity contribution >= 4 is 17.5 Å². The number of amides is 1. The molecule has 1 aromatic heterocycles. The Bertz CT molecular complexity index is 929. The maximum absolute atomic E-state index is 12.7. The minimum Gasteiger partial charge on any atom is -0.495 e. The van der Waals surface area contributed by atoms with Crippen LogP contribution < -0.4 is 14.8 Å². The average Bonchev–Trinajstić information content (AvgIpc) is 2.83. The van der Waals surface area contributed by atoms with Gasteiger partial charge in [-0.3, -0.25) is 4.79 Å². The van der Waals surface area contributed by atoms with E-state index in [4.69, 9.17) is 25.8 Å². The Balaban J connectivity index is 1.69. The van der Waals surface area contributed by atoms with Gasteiger partial charge >= 0.3 is 0 Å². The minimum atomic E-state index is -0.512. The second-order valence-corrected chi connectivity index (χ2v) is 9.19. The van der Waals surface area contributed by atoms with Gasteiger partial charge in [0.2, 0.25) is 0 Å². The van der Waals surface area contributed by atoms with Crippen LogP contribution in [0.3, 0.4) is 0 Å². The van der Waals surface area contributed by atoms with E-state index in [0.29, 0.717) is 40.2 Å². The summed E-state index contributed by atoms with van der Waals surface area (Å²) in [4.78, 5) is 17.3. The van der Waals surface area contributed by atoms with Crippen molar-refractivity contribution in [3.63, 3.8) is 0 Å². The smallest absolute Gasteiger partial charge is 0.251 e. The van der Waals surface area contributed by atoms with Gasteiger partial charge in [0.15, 0.2) is 6.10 Å². The van der Waals surface area contributed by atoms with Gasteiger partial charge in [0.25, 0.3) is 5.91 Å². The summed E-state index contributed by atoms with van der Waals surface area (Å²) in [6.07, 6.45) is 5.10. The highest BCUT2D eigenvalue weighted by atomic mass is 35.5. The molecule has 1 aromatic carbocycles. The van der Waals surface area contributed by atoms with Gasteiger partial charge in [-0.15, -0.1) is 0 Å². The second-order valence-electron chi connectivity index (χ2n) is 8.79. The normalized spacial score (nSPS) is 19.1. The molecule has 1 aliphatic rings. The zero-order valence-corrected chi connectivity index (χ0v) is 20.8. The minimum absolute atomic E-state index is 0.116. The molecule has 0 saturated heterocycles. The summed E-state index contributed by atoms with van der Waals surface area (Å²) < 4.78 is 17.0. The first-order chi connectivity index (χ1) is 15.9. The standard InChI is InChI=1S/C26H35ClN2O4/c1-5-20-11-13-23(32-4)25(29-20)24(16-31-3)33-22-12-10-19(14-21(22)27)26(30)28-15-18-8-6-17(2)7-9-18/h10-14,17-18,24H,5-9,15-16H2,1-4H3,(H,28,30)/t17?,18?,24-/m1/s1. The van der Waals surface area contributed by atoms with E-state index in [1.165, 1.54) is 25.7 Å². The molecule has 1 heterocycles. The molecule has 1 fully saturated rings. The molecule has 1 N–H and O–H groups in total. The molecule has 0 unspecified atom stereocenters. The first-order valence-electron chi connectivity index (χ1n) is 11.7. The van der Waals surface area contributed by atoms with Crippen LogP contribution in [0.15, 0.2) is 30.3 Å². The van der Waals surface area contributed by atoms with E-state index < -0.39 is 6.10 Å². The van der Waals surface area contributed by atoms with Crippen molar-refractivity contribution in [2.75, 3.05) is 27.4 Å². The van der Waals surface area contributed by atoms with E-state index in [1.54, 1.807) is 32.4 Å². The maximum atomic E-state index is 12.7. The quantitative estimate of drug-likeness (QED) is 0.483. The molecular formula is C26H35ClN2O4. The summed E-state index contributed by atoms with van der Waals surface area (Å²) in [5.74, 6) is 2.32. The lowest BCUT2D eigenvalue weighted by atomic mass is 9.83. The fraction of sp³-hybridized carbons (Fsp3) is 0.538. The lowest BCUT2D eigenvalue weighted by Crippen LogP contribution is -2.31. The third-order valence-electron chi connectivity index (χ3n) is 6.30. The summed E-state index contributed by atoms with van der Waals surface area (Å²) in [5.41, 5.74) is 2.10. The molecule has 1 saturated carbocycles. The Morgan fingerprint density at radius 1 is 1.15 bits per heavy atom. The molecule has 0 aliphatic heterocycles. The number of aromatic nitrogens is 1. The van der Waals surface area contributed by atoms with Gasteiger partial charge in [-0.1, -0.05) is 38.3 Å². The van der Waals surface area contributed by atoms with Crippen molar-refractivity contribution < 1.29 is 19.0 Å². The third kappa shape index (κ3) is 6.84. The predicted molar refractivity (Wildman–Crippen MR) is 130 cm³/mol. The number of hydrogen-bond acceptors (Lipinski definition) is 5. The lowest BCUT2D eigenvalue weighted by molar-refractivity contribution is 0.0765. The fourth-order valence-electron chi connectivity index (χ4n) is 4.19. The number of pyridine rings is 1. The van der Waals surface area contributed by atoms with Gasteiger partial charge in [-0.2, -0.15) is 0 Å². The topological polar surface area (TPSA) is 69.7 Å². The molecular weight excluding hydrogens is 440 g/mol. The average molecular weight is 475 g/mol. The molecule has 3 rings (SSSR count). The van der Waals surface area contributed by atoms with E-state index >= 15 is 0 Å². The maximum Gasteiger partial charge on any atom is 0.251 e. The number of benzene rings is 1. The first kappa shape index (κ1) is 25.3. The Hall–Kier alpha value is -2.31. The van der Waals surface area contributed by atoms with Crippen LogP contribution in [-0.4, -0.2) is 38.3 Å². The van der Waals surface area contributed by atoms with E-state index in [2.05, 4.69) is 17.2 Å². The van der Waals surface area contributed by atoms with Gasteiger partial charge in [0.1, 0.15) is 17.2 Å². The number of ether oxygens (including phenoxy) is 3. The second kappa shape index (κ2) is 12.2. The number of nitrogens with zero attached hydrogens (tertiary/aromatic N) is 1. The van der Waals surface area contributed by atoms with Crippen LogP contribution in [0, 0.1) is 11.8 Å².